The van der Waals surface area contributed by atoms with E-state index in [1.165, 1.54) is 18.6 Å². The summed E-state index contributed by atoms with van der Waals surface area (Å²) in [6, 6.07) is 7.99. The van der Waals surface area contributed by atoms with Gasteiger partial charge < -0.3 is 5.11 Å². The van der Waals surface area contributed by atoms with Gasteiger partial charge in [-0.1, -0.05) is 37.5 Å². The van der Waals surface area contributed by atoms with Crippen molar-refractivity contribution in [2.24, 2.45) is 5.41 Å². The van der Waals surface area contributed by atoms with Gasteiger partial charge in [-0.05, 0) is 43.2 Å². The average Bonchev–Trinajstić information content (AvgIpc) is 2.45. The Bertz CT molecular complexity index is 634. The molecule has 1 aromatic carbocycles. The highest BCUT2D eigenvalue weighted by molar-refractivity contribution is 7.93. The van der Waals surface area contributed by atoms with E-state index in [0.29, 0.717) is 0 Å². The fraction of sp³-hybridized carbons (Fsp3) is 0.562. The zero-order valence-electron chi connectivity index (χ0n) is 11.9. The zero-order chi connectivity index (χ0) is 15.1. The number of hydrogen-bond donors (Lipinski definition) is 1. The van der Waals surface area contributed by atoms with Crippen LogP contribution in [0.5, 0.6) is 0 Å². The van der Waals surface area contributed by atoms with Crippen molar-refractivity contribution >= 4 is 15.8 Å². The minimum absolute atomic E-state index is 0.0571. The predicted molar refractivity (Wildman–Crippen MR) is 78.7 cm³/mol. The molecule has 1 aromatic rings. The monoisotopic (exact) mass is 308 g/mol. The first kappa shape index (κ1) is 14.6. The minimum Gasteiger partial charge on any atom is -0.480 e. The molecule has 0 bridgehead atoms. The molecule has 1 spiro atoms. The minimum atomic E-state index is -3.84. The molecule has 3 rings (SSSR count). The number of aliphatic carboxylic acids is 1. The Morgan fingerprint density at radius 1 is 1.00 bits per heavy atom. The molecule has 5 heteroatoms. The van der Waals surface area contributed by atoms with Crippen LogP contribution in [0.2, 0.25) is 0 Å². The third kappa shape index (κ3) is 2.09. The van der Waals surface area contributed by atoms with Crippen molar-refractivity contribution in [1.29, 1.82) is 0 Å². The summed E-state index contributed by atoms with van der Waals surface area (Å²) in [6.07, 6.45) is 5.81. The van der Waals surface area contributed by atoms with Gasteiger partial charge in [0.05, 0.1) is 4.90 Å². The molecule has 2 saturated carbocycles. The van der Waals surface area contributed by atoms with Gasteiger partial charge in [-0.3, -0.25) is 4.79 Å². The van der Waals surface area contributed by atoms with Crippen molar-refractivity contribution in [2.45, 2.75) is 54.6 Å². The molecule has 0 atom stereocenters. The van der Waals surface area contributed by atoms with Crippen molar-refractivity contribution in [1.82, 2.24) is 0 Å². The number of rotatable bonds is 3. The van der Waals surface area contributed by atoms with Crippen molar-refractivity contribution in [3.63, 3.8) is 0 Å². The molecular weight excluding hydrogens is 288 g/mol. The molecule has 0 amide bonds. The fourth-order valence-electron chi connectivity index (χ4n) is 4.10. The van der Waals surface area contributed by atoms with Crippen molar-refractivity contribution in [3.8, 4) is 0 Å². The summed E-state index contributed by atoms with van der Waals surface area (Å²) in [5.41, 5.74) is -0.0571. The normalized spacial score (nSPS) is 23.4. The van der Waals surface area contributed by atoms with Gasteiger partial charge in [0.15, 0.2) is 14.6 Å². The first-order valence-corrected chi connectivity index (χ1v) is 8.93. The average molecular weight is 308 g/mol. The van der Waals surface area contributed by atoms with Gasteiger partial charge in [-0.25, -0.2) is 8.42 Å². The van der Waals surface area contributed by atoms with E-state index >= 15 is 0 Å². The SMILES string of the molecule is O=C(O)C1(S(=O)(=O)c2ccccc2)CC2(CCCCC2)C1. The number of sulfone groups is 1. The fourth-order valence-corrected chi connectivity index (χ4v) is 6.29. The standard InChI is InChI=1S/C16H20O4S/c17-14(18)16(11-15(12-16)9-5-2-6-10-15)21(19,20)13-7-3-1-4-8-13/h1,3-4,7-8H,2,5-6,9-12H2,(H,17,18). The summed E-state index contributed by atoms with van der Waals surface area (Å²) in [5, 5.41) is 9.62. The summed E-state index contributed by atoms with van der Waals surface area (Å²) in [5.74, 6) is -1.19. The summed E-state index contributed by atoms with van der Waals surface area (Å²) in [7, 11) is -3.84. The smallest absolute Gasteiger partial charge is 0.325 e. The second kappa shape index (κ2) is 4.83. The van der Waals surface area contributed by atoms with Crippen molar-refractivity contribution < 1.29 is 18.3 Å². The lowest BCUT2D eigenvalue weighted by Crippen LogP contribution is -2.61. The predicted octanol–water partition coefficient (Wildman–Crippen LogP) is 3.03. The van der Waals surface area contributed by atoms with E-state index in [4.69, 9.17) is 0 Å². The maximum atomic E-state index is 12.8. The van der Waals surface area contributed by atoms with E-state index in [0.717, 1.165) is 25.7 Å². The molecule has 0 radical (unpaired) electrons. The highest BCUT2D eigenvalue weighted by Crippen LogP contribution is 2.60. The van der Waals surface area contributed by atoms with Crippen LogP contribution < -0.4 is 0 Å². The Balaban J connectivity index is 1.96. The Labute approximate surface area is 125 Å². The van der Waals surface area contributed by atoms with Crippen LogP contribution in [0.3, 0.4) is 0 Å². The summed E-state index contributed by atoms with van der Waals surface area (Å²) < 4.78 is 24.0. The van der Waals surface area contributed by atoms with E-state index < -0.39 is 20.6 Å². The van der Waals surface area contributed by atoms with Gasteiger partial charge in [0, 0.05) is 0 Å². The van der Waals surface area contributed by atoms with E-state index in [9.17, 15) is 18.3 Å². The maximum absolute atomic E-state index is 12.8. The van der Waals surface area contributed by atoms with Gasteiger partial charge in [0.1, 0.15) is 0 Å². The molecule has 0 saturated heterocycles. The molecule has 0 aliphatic heterocycles. The van der Waals surface area contributed by atoms with Crippen LogP contribution in [0.1, 0.15) is 44.9 Å². The van der Waals surface area contributed by atoms with Crippen LogP contribution in [-0.2, 0) is 14.6 Å². The summed E-state index contributed by atoms with van der Waals surface area (Å²) in [6.45, 7) is 0. The first-order chi connectivity index (χ1) is 9.92. The number of benzene rings is 1. The Morgan fingerprint density at radius 2 is 1.57 bits per heavy atom. The van der Waals surface area contributed by atoms with Gasteiger partial charge in [-0.2, -0.15) is 0 Å². The third-order valence-electron chi connectivity index (χ3n) is 5.19. The number of carbonyl (C=O) groups is 1. The van der Waals surface area contributed by atoms with E-state index in [-0.39, 0.29) is 23.2 Å². The van der Waals surface area contributed by atoms with E-state index in [2.05, 4.69) is 0 Å². The van der Waals surface area contributed by atoms with Gasteiger partial charge in [0.2, 0.25) is 0 Å². The van der Waals surface area contributed by atoms with Crippen LogP contribution in [0.25, 0.3) is 0 Å². The molecule has 114 valence electrons. The molecule has 1 N–H and O–H groups in total. The summed E-state index contributed by atoms with van der Waals surface area (Å²) in [4.78, 5) is 11.9. The molecule has 4 nitrogen and oxygen atoms in total. The molecule has 0 unspecified atom stereocenters. The number of carboxylic acids is 1. The topological polar surface area (TPSA) is 71.4 Å². The van der Waals surface area contributed by atoms with Crippen LogP contribution in [0.15, 0.2) is 35.2 Å². The Morgan fingerprint density at radius 3 is 2.10 bits per heavy atom. The quantitative estimate of drug-likeness (QED) is 0.931. The van der Waals surface area contributed by atoms with Crippen molar-refractivity contribution in [3.05, 3.63) is 30.3 Å². The molecule has 2 aliphatic carbocycles. The number of carboxylic acid groups (broad SMARTS) is 1. The number of hydrogen-bond acceptors (Lipinski definition) is 3. The van der Waals surface area contributed by atoms with Crippen LogP contribution in [0, 0.1) is 5.41 Å². The molecule has 2 aliphatic rings. The lowest BCUT2D eigenvalue weighted by molar-refractivity contribution is -0.148. The first-order valence-electron chi connectivity index (χ1n) is 7.45. The van der Waals surface area contributed by atoms with Crippen LogP contribution in [0.4, 0.5) is 0 Å². The third-order valence-corrected chi connectivity index (χ3v) is 7.58. The molecular formula is C16H20O4S. The second-order valence-electron chi connectivity index (χ2n) is 6.53. The van der Waals surface area contributed by atoms with Crippen LogP contribution in [-0.4, -0.2) is 24.2 Å². The molecule has 21 heavy (non-hydrogen) atoms. The lowest BCUT2D eigenvalue weighted by Gasteiger charge is -2.54. The lowest BCUT2D eigenvalue weighted by atomic mass is 9.55. The molecule has 2 fully saturated rings. The van der Waals surface area contributed by atoms with Crippen LogP contribution >= 0.6 is 0 Å². The van der Waals surface area contributed by atoms with Gasteiger partial charge in [0.25, 0.3) is 0 Å². The largest absolute Gasteiger partial charge is 0.480 e. The molecule has 0 heterocycles. The van der Waals surface area contributed by atoms with E-state index in [1.807, 2.05) is 0 Å². The molecule has 0 aromatic heterocycles. The Kier molecular flexibility index (Phi) is 3.35. The summed E-state index contributed by atoms with van der Waals surface area (Å²) >= 11 is 0. The maximum Gasteiger partial charge on any atom is 0.325 e. The Hall–Kier alpha value is -1.36. The van der Waals surface area contributed by atoms with Gasteiger partial charge in [-0.15, -0.1) is 0 Å². The van der Waals surface area contributed by atoms with Gasteiger partial charge >= 0.3 is 5.97 Å². The zero-order valence-corrected chi connectivity index (χ0v) is 12.7. The highest BCUT2D eigenvalue weighted by Gasteiger charge is 2.66. The van der Waals surface area contributed by atoms with E-state index in [1.54, 1.807) is 18.2 Å². The second-order valence-corrected chi connectivity index (χ2v) is 8.79. The van der Waals surface area contributed by atoms with Crippen molar-refractivity contribution in [2.75, 3.05) is 0 Å². The highest BCUT2D eigenvalue weighted by atomic mass is 32.2.